The number of rotatable bonds is 7. The molecule has 3 N–H and O–H groups in total. The third-order valence-corrected chi connectivity index (χ3v) is 3.91. The van der Waals surface area contributed by atoms with Gasteiger partial charge in [0.05, 0.1) is 29.9 Å². The van der Waals surface area contributed by atoms with Crippen LogP contribution in [-0.4, -0.2) is 32.0 Å². The number of quaternary nitrogens is 1. The van der Waals surface area contributed by atoms with Crippen LogP contribution in [-0.2, 0) is 16.1 Å². The van der Waals surface area contributed by atoms with Gasteiger partial charge >= 0.3 is 0 Å². The zero-order valence-corrected chi connectivity index (χ0v) is 14.6. The van der Waals surface area contributed by atoms with Gasteiger partial charge in [0.2, 0.25) is 0 Å². The van der Waals surface area contributed by atoms with Gasteiger partial charge in [0.1, 0.15) is 5.76 Å². The van der Waals surface area contributed by atoms with Gasteiger partial charge in [-0.15, -0.1) is 0 Å². The van der Waals surface area contributed by atoms with E-state index in [2.05, 4.69) is 10.6 Å². The van der Waals surface area contributed by atoms with Gasteiger partial charge in [-0.05, 0) is 30.3 Å². The number of nitrogens with one attached hydrogen (secondary N) is 3. The molecule has 1 aromatic heterocycles. The Morgan fingerprint density at radius 3 is 2.54 bits per heavy atom. The first-order valence-electron chi connectivity index (χ1n) is 7.29. The van der Waals surface area contributed by atoms with E-state index in [1.54, 1.807) is 43.6 Å². The molecule has 0 spiro atoms. The number of amides is 2. The van der Waals surface area contributed by atoms with Crippen molar-refractivity contribution >= 4 is 40.7 Å². The minimum Gasteiger partial charge on any atom is -0.467 e. The zero-order valence-electron chi connectivity index (χ0n) is 13.1. The number of hydrogen-bond donors (Lipinski definition) is 3. The number of furan rings is 1. The molecule has 128 valence electrons. The number of likely N-dealkylation sites (N-methyl/N-ethyl adjacent to an activating group) is 1. The molecule has 1 unspecified atom stereocenters. The van der Waals surface area contributed by atoms with Gasteiger partial charge in [-0.3, -0.25) is 9.59 Å². The molecule has 2 rings (SSSR count). The third-order valence-electron chi connectivity index (χ3n) is 3.17. The van der Waals surface area contributed by atoms with Gasteiger partial charge in [0.25, 0.3) is 11.8 Å². The fraction of sp³-hybridized carbons (Fsp3) is 0.250. The van der Waals surface area contributed by atoms with Crippen molar-refractivity contribution in [2.24, 2.45) is 0 Å². The maximum Gasteiger partial charge on any atom is 0.279 e. The second-order valence-electron chi connectivity index (χ2n) is 5.34. The monoisotopic (exact) mass is 370 g/mol. The van der Waals surface area contributed by atoms with Crippen LogP contribution in [0.4, 0.5) is 5.69 Å². The summed E-state index contributed by atoms with van der Waals surface area (Å²) in [4.78, 5) is 24.6. The highest BCUT2D eigenvalue weighted by atomic mass is 35.5. The highest BCUT2D eigenvalue weighted by Gasteiger charge is 2.14. The minimum atomic E-state index is -0.218. The average Bonchev–Trinajstić information content (AvgIpc) is 3.02. The van der Waals surface area contributed by atoms with Crippen LogP contribution in [0.15, 0.2) is 41.0 Å². The second kappa shape index (κ2) is 8.73. The molecule has 2 amide bonds. The van der Waals surface area contributed by atoms with Crippen LogP contribution < -0.4 is 15.5 Å². The number of benzene rings is 1. The van der Waals surface area contributed by atoms with Crippen molar-refractivity contribution in [2.75, 3.05) is 25.5 Å². The number of carbonyl (C=O) groups excluding carboxylic acids is 2. The highest BCUT2D eigenvalue weighted by molar-refractivity contribution is 6.42. The Balaban J connectivity index is 1.74. The predicted molar refractivity (Wildman–Crippen MR) is 92.3 cm³/mol. The van der Waals surface area contributed by atoms with Crippen LogP contribution in [0.5, 0.6) is 0 Å². The highest BCUT2D eigenvalue weighted by Crippen LogP contribution is 2.24. The molecule has 0 aliphatic rings. The van der Waals surface area contributed by atoms with Gasteiger partial charge in [0, 0.05) is 5.69 Å². The Morgan fingerprint density at radius 2 is 1.88 bits per heavy atom. The van der Waals surface area contributed by atoms with Crippen molar-refractivity contribution in [3.8, 4) is 0 Å². The summed E-state index contributed by atoms with van der Waals surface area (Å²) >= 11 is 11.7. The fourth-order valence-electron chi connectivity index (χ4n) is 2.05. The van der Waals surface area contributed by atoms with Crippen molar-refractivity contribution in [1.82, 2.24) is 5.32 Å². The van der Waals surface area contributed by atoms with E-state index in [-0.39, 0.29) is 24.9 Å². The maximum atomic E-state index is 12.0. The first-order valence-corrected chi connectivity index (χ1v) is 8.05. The summed E-state index contributed by atoms with van der Waals surface area (Å²) < 4.78 is 5.13. The molecule has 1 aromatic carbocycles. The molecule has 0 saturated carbocycles. The van der Waals surface area contributed by atoms with Gasteiger partial charge in [-0.25, -0.2) is 0 Å². The fourth-order valence-corrected chi connectivity index (χ4v) is 2.35. The van der Waals surface area contributed by atoms with E-state index in [1.165, 1.54) is 0 Å². The molecule has 0 radical (unpaired) electrons. The van der Waals surface area contributed by atoms with E-state index in [1.807, 2.05) is 0 Å². The standard InChI is InChI=1S/C16H17Cl2N3O3/c1-21(9-15(22)19-8-12-3-2-6-24-12)10-16(23)20-11-4-5-13(17)14(18)7-11/h2-7H,8-10H2,1H3,(H,19,22)(H,20,23)/p+1. The number of hydrogen-bond acceptors (Lipinski definition) is 3. The summed E-state index contributed by atoms with van der Waals surface area (Å²) in [7, 11) is 1.76. The molecular formula is C16H18Cl2N3O3+. The van der Waals surface area contributed by atoms with E-state index in [0.717, 1.165) is 4.90 Å². The second-order valence-corrected chi connectivity index (χ2v) is 6.16. The lowest BCUT2D eigenvalue weighted by atomic mass is 10.3. The predicted octanol–water partition coefficient (Wildman–Crippen LogP) is 1.36. The molecule has 1 atom stereocenters. The molecule has 24 heavy (non-hydrogen) atoms. The summed E-state index contributed by atoms with van der Waals surface area (Å²) in [6.07, 6.45) is 1.55. The summed E-state index contributed by atoms with van der Waals surface area (Å²) in [5.41, 5.74) is 0.560. The number of carbonyl (C=O) groups is 2. The molecule has 2 aromatic rings. The summed E-state index contributed by atoms with van der Waals surface area (Å²) in [5, 5.41) is 6.24. The Hall–Kier alpha value is -2.02. The normalized spacial score (nSPS) is 11.8. The van der Waals surface area contributed by atoms with Gasteiger partial charge in [0.15, 0.2) is 13.1 Å². The van der Waals surface area contributed by atoms with E-state index >= 15 is 0 Å². The van der Waals surface area contributed by atoms with Crippen LogP contribution >= 0.6 is 23.2 Å². The maximum absolute atomic E-state index is 12.0. The Labute approximate surface area is 149 Å². The summed E-state index contributed by atoms with van der Waals surface area (Å²) in [6.45, 7) is 0.651. The lowest BCUT2D eigenvalue weighted by Gasteiger charge is -2.13. The van der Waals surface area contributed by atoms with Gasteiger partial charge < -0.3 is 20.0 Å². The van der Waals surface area contributed by atoms with Gasteiger partial charge in [-0.2, -0.15) is 0 Å². The molecular weight excluding hydrogens is 353 g/mol. The molecule has 0 aliphatic carbocycles. The van der Waals surface area contributed by atoms with E-state index in [9.17, 15) is 9.59 Å². The SMILES string of the molecule is C[NH+](CC(=O)NCc1ccco1)CC(=O)Nc1ccc(Cl)c(Cl)c1. The van der Waals surface area contributed by atoms with Crippen LogP contribution in [0.3, 0.4) is 0 Å². The molecule has 1 heterocycles. The Morgan fingerprint density at radius 1 is 1.12 bits per heavy atom. The molecule has 0 saturated heterocycles. The Bertz CT molecular complexity index is 705. The topological polar surface area (TPSA) is 75.8 Å². The van der Waals surface area contributed by atoms with Crippen molar-refractivity contribution in [1.29, 1.82) is 0 Å². The summed E-state index contributed by atoms with van der Waals surface area (Å²) in [5.74, 6) is 0.300. The Kier molecular flexibility index (Phi) is 6.66. The molecule has 0 bridgehead atoms. The number of halogens is 2. The van der Waals surface area contributed by atoms with E-state index in [4.69, 9.17) is 27.6 Å². The van der Waals surface area contributed by atoms with Crippen LogP contribution in [0.1, 0.15) is 5.76 Å². The van der Waals surface area contributed by atoms with Crippen molar-refractivity contribution in [3.63, 3.8) is 0 Å². The lowest BCUT2D eigenvalue weighted by Crippen LogP contribution is -3.11. The van der Waals surface area contributed by atoms with E-state index in [0.29, 0.717) is 28.0 Å². The van der Waals surface area contributed by atoms with Crippen molar-refractivity contribution in [3.05, 3.63) is 52.4 Å². The molecule has 8 heteroatoms. The zero-order chi connectivity index (χ0) is 17.5. The van der Waals surface area contributed by atoms with Crippen LogP contribution in [0, 0.1) is 0 Å². The first kappa shape index (κ1) is 18.3. The molecule has 0 fully saturated rings. The van der Waals surface area contributed by atoms with Crippen molar-refractivity contribution in [2.45, 2.75) is 6.54 Å². The quantitative estimate of drug-likeness (QED) is 0.688. The number of anilines is 1. The van der Waals surface area contributed by atoms with E-state index < -0.39 is 0 Å². The third kappa shape index (κ3) is 5.88. The minimum absolute atomic E-state index is 0.147. The molecule has 6 nitrogen and oxygen atoms in total. The van der Waals surface area contributed by atoms with Crippen LogP contribution in [0.2, 0.25) is 10.0 Å². The smallest absolute Gasteiger partial charge is 0.279 e. The van der Waals surface area contributed by atoms with Crippen LogP contribution in [0.25, 0.3) is 0 Å². The largest absolute Gasteiger partial charge is 0.467 e. The van der Waals surface area contributed by atoms with Crippen molar-refractivity contribution < 1.29 is 18.9 Å². The average molecular weight is 371 g/mol. The van der Waals surface area contributed by atoms with Gasteiger partial charge in [-0.1, -0.05) is 23.2 Å². The molecule has 0 aliphatic heterocycles. The lowest BCUT2D eigenvalue weighted by molar-refractivity contribution is -0.862. The summed E-state index contributed by atoms with van der Waals surface area (Å²) in [6, 6.07) is 8.39. The first-order chi connectivity index (χ1) is 11.4.